The summed E-state index contributed by atoms with van der Waals surface area (Å²) in [6.07, 6.45) is 2.67. The number of phenols is 1. The Kier molecular flexibility index (Phi) is 3.25. The lowest BCUT2D eigenvalue weighted by Crippen LogP contribution is -1.74. The maximum atomic E-state index is 9.90. The van der Waals surface area contributed by atoms with Crippen molar-refractivity contribution >= 4 is 16.7 Å². The Bertz CT molecular complexity index is 584. The van der Waals surface area contributed by atoms with Gasteiger partial charge in [0.05, 0.1) is 6.20 Å². The minimum Gasteiger partial charge on any atom is -0.507 e. The standard InChI is InChI=1S/C10H8O.C3H2N2O/c11-10-7-3-5-8-4-1-2-6-9(8)10;6-3-1-2-4-5-3/h1-7,11H;1-2H. The van der Waals surface area contributed by atoms with Crippen molar-refractivity contribution in [2.24, 2.45) is 10.2 Å². The van der Waals surface area contributed by atoms with Crippen LogP contribution >= 0.6 is 0 Å². The van der Waals surface area contributed by atoms with E-state index in [2.05, 4.69) is 10.2 Å². The third kappa shape index (κ3) is 2.75. The molecule has 1 N–H and O–H groups in total. The van der Waals surface area contributed by atoms with Gasteiger partial charge in [-0.25, -0.2) is 0 Å². The molecule has 0 aliphatic carbocycles. The molecule has 0 fully saturated rings. The van der Waals surface area contributed by atoms with Gasteiger partial charge in [-0.05, 0) is 11.5 Å². The molecule has 1 aliphatic rings. The van der Waals surface area contributed by atoms with Gasteiger partial charge in [0.1, 0.15) is 5.75 Å². The van der Waals surface area contributed by atoms with E-state index in [9.17, 15) is 9.90 Å². The van der Waals surface area contributed by atoms with Crippen molar-refractivity contribution in [3.05, 3.63) is 54.7 Å². The number of carbonyl (C=O) groups is 1. The van der Waals surface area contributed by atoms with E-state index in [0.29, 0.717) is 5.75 Å². The SMILES string of the molecule is O=C1C=CN=N1.Oc1cccc2ccccc12. The molecule has 0 aromatic heterocycles. The Morgan fingerprint density at radius 2 is 1.76 bits per heavy atom. The Hall–Kier alpha value is -2.49. The third-order valence-electron chi connectivity index (χ3n) is 2.21. The fourth-order valence-electron chi connectivity index (χ4n) is 1.43. The van der Waals surface area contributed by atoms with Gasteiger partial charge in [-0.1, -0.05) is 36.4 Å². The summed E-state index contributed by atoms with van der Waals surface area (Å²) in [5, 5.41) is 17.7. The fraction of sp³-hybridized carbons (Fsp3) is 0. The Labute approximate surface area is 97.9 Å². The molecule has 0 unspecified atom stereocenters. The molecule has 0 atom stereocenters. The van der Waals surface area contributed by atoms with Crippen molar-refractivity contribution < 1.29 is 9.90 Å². The van der Waals surface area contributed by atoms with Crippen molar-refractivity contribution in [2.45, 2.75) is 0 Å². The molecule has 0 spiro atoms. The van der Waals surface area contributed by atoms with Gasteiger partial charge in [-0.2, -0.15) is 5.11 Å². The normalized spacial score (nSPS) is 12.6. The van der Waals surface area contributed by atoms with Crippen LogP contribution in [0.4, 0.5) is 0 Å². The number of benzene rings is 2. The van der Waals surface area contributed by atoms with Gasteiger partial charge < -0.3 is 5.11 Å². The lowest BCUT2D eigenvalue weighted by Gasteiger charge is -1.97. The highest BCUT2D eigenvalue weighted by atomic mass is 16.3. The zero-order chi connectivity index (χ0) is 12.1. The summed E-state index contributed by atoms with van der Waals surface area (Å²) >= 11 is 0. The minimum absolute atomic E-state index is 0.269. The van der Waals surface area contributed by atoms with E-state index in [1.807, 2.05) is 36.4 Å². The smallest absolute Gasteiger partial charge is 0.289 e. The Balaban J connectivity index is 0.000000153. The van der Waals surface area contributed by atoms with Gasteiger partial charge in [-0.15, -0.1) is 5.11 Å². The van der Waals surface area contributed by atoms with Crippen LogP contribution in [-0.4, -0.2) is 11.0 Å². The first-order valence-electron chi connectivity index (χ1n) is 5.05. The van der Waals surface area contributed by atoms with E-state index in [1.165, 1.54) is 12.3 Å². The van der Waals surface area contributed by atoms with Crippen LogP contribution in [-0.2, 0) is 4.79 Å². The van der Waals surface area contributed by atoms with Gasteiger partial charge in [0, 0.05) is 11.5 Å². The number of hydrogen-bond acceptors (Lipinski definition) is 3. The van der Waals surface area contributed by atoms with E-state index in [-0.39, 0.29) is 5.91 Å². The average molecular weight is 226 g/mol. The topological polar surface area (TPSA) is 62.0 Å². The predicted molar refractivity (Wildman–Crippen MR) is 64.6 cm³/mol. The van der Waals surface area contributed by atoms with Crippen molar-refractivity contribution in [1.29, 1.82) is 0 Å². The molecule has 1 aliphatic heterocycles. The number of phenolic OH excluding ortho intramolecular Hbond substituents is 1. The van der Waals surface area contributed by atoms with Gasteiger partial charge in [0.25, 0.3) is 5.91 Å². The minimum atomic E-state index is -0.269. The molecule has 0 saturated carbocycles. The summed E-state index contributed by atoms with van der Waals surface area (Å²) in [6, 6.07) is 13.3. The summed E-state index contributed by atoms with van der Waals surface area (Å²) < 4.78 is 0. The van der Waals surface area contributed by atoms with Gasteiger partial charge in [0.2, 0.25) is 0 Å². The number of amides is 1. The molecule has 2 aromatic carbocycles. The van der Waals surface area contributed by atoms with Crippen molar-refractivity contribution in [2.75, 3.05) is 0 Å². The largest absolute Gasteiger partial charge is 0.507 e. The lowest BCUT2D eigenvalue weighted by atomic mass is 10.1. The van der Waals surface area contributed by atoms with E-state index in [4.69, 9.17) is 0 Å². The molecule has 0 bridgehead atoms. The monoisotopic (exact) mass is 226 g/mol. The highest BCUT2D eigenvalue weighted by molar-refractivity contribution is 5.89. The number of carbonyl (C=O) groups excluding carboxylic acids is 1. The van der Waals surface area contributed by atoms with Crippen LogP contribution in [0.25, 0.3) is 10.8 Å². The van der Waals surface area contributed by atoms with Gasteiger partial charge >= 0.3 is 0 Å². The second-order valence-electron chi connectivity index (χ2n) is 3.37. The quantitative estimate of drug-likeness (QED) is 0.750. The van der Waals surface area contributed by atoms with Crippen LogP contribution in [0.2, 0.25) is 0 Å². The average Bonchev–Trinajstić information content (AvgIpc) is 2.82. The molecule has 4 nitrogen and oxygen atoms in total. The van der Waals surface area contributed by atoms with E-state index in [1.54, 1.807) is 6.07 Å². The van der Waals surface area contributed by atoms with E-state index < -0.39 is 0 Å². The van der Waals surface area contributed by atoms with E-state index in [0.717, 1.165) is 10.8 Å². The number of hydrogen-bond donors (Lipinski definition) is 1. The fourth-order valence-corrected chi connectivity index (χ4v) is 1.43. The number of aromatic hydroxyl groups is 1. The second kappa shape index (κ2) is 5.03. The Morgan fingerprint density at radius 1 is 1.00 bits per heavy atom. The van der Waals surface area contributed by atoms with Crippen LogP contribution in [0.3, 0.4) is 0 Å². The van der Waals surface area contributed by atoms with Crippen LogP contribution in [0.15, 0.2) is 65.0 Å². The molecular weight excluding hydrogens is 216 g/mol. The number of rotatable bonds is 0. The van der Waals surface area contributed by atoms with Crippen LogP contribution in [0.1, 0.15) is 0 Å². The molecule has 3 rings (SSSR count). The number of nitrogens with zero attached hydrogens (tertiary/aromatic N) is 2. The first-order valence-corrected chi connectivity index (χ1v) is 5.05. The summed E-state index contributed by atoms with van der Waals surface area (Å²) in [5.41, 5.74) is 0. The highest BCUT2D eigenvalue weighted by Gasteiger charge is 1.94. The molecule has 1 heterocycles. The molecule has 1 amide bonds. The molecule has 84 valence electrons. The maximum Gasteiger partial charge on any atom is 0.289 e. The molecular formula is C13H10N2O2. The zero-order valence-electron chi connectivity index (χ0n) is 8.95. The number of fused-ring (bicyclic) bond motifs is 1. The Morgan fingerprint density at radius 3 is 2.35 bits per heavy atom. The molecule has 4 heteroatoms. The van der Waals surface area contributed by atoms with Crippen LogP contribution in [0.5, 0.6) is 5.75 Å². The first-order chi connectivity index (χ1) is 8.27. The zero-order valence-corrected chi connectivity index (χ0v) is 8.95. The highest BCUT2D eigenvalue weighted by Crippen LogP contribution is 2.22. The van der Waals surface area contributed by atoms with Gasteiger partial charge in [0.15, 0.2) is 0 Å². The van der Waals surface area contributed by atoms with E-state index >= 15 is 0 Å². The number of azo groups is 1. The molecule has 0 radical (unpaired) electrons. The van der Waals surface area contributed by atoms with Crippen LogP contribution in [0, 0.1) is 0 Å². The van der Waals surface area contributed by atoms with Crippen molar-refractivity contribution in [3.63, 3.8) is 0 Å². The predicted octanol–water partition coefficient (Wildman–Crippen LogP) is 3.04. The summed E-state index contributed by atoms with van der Waals surface area (Å²) in [6.45, 7) is 0. The summed E-state index contributed by atoms with van der Waals surface area (Å²) in [5.74, 6) is 0.0816. The lowest BCUT2D eigenvalue weighted by molar-refractivity contribution is -0.113. The molecule has 0 saturated heterocycles. The van der Waals surface area contributed by atoms with Crippen molar-refractivity contribution in [3.8, 4) is 5.75 Å². The molecule has 17 heavy (non-hydrogen) atoms. The van der Waals surface area contributed by atoms with Crippen molar-refractivity contribution in [1.82, 2.24) is 0 Å². The first kappa shape index (κ1) is 11.0. The van der Waals surface area contributed by atoms with Crippen LogP contribution < -0.4 is 0 Å². The third-order valence-corrected chi connectivity index (χ3v) is 2.21. The maximum absolute atomic E-state index is 9.90. The molecule has 2 aromatic rings. The summed E-state index contributed by atoms with van der Waals surface area (Å²) in [4.78, 5) is 9.90. The summed E-state index contributed by atoms with van der Waals surface area (Å²) in [7, 11) is 0. The van der Waals surface area contributed by atoms with Gasteiger partial charge in [-0.3, -0.25) is 4.79 Å². The second-order valence-corrected chi connectivity index (χ2v) is 3.37.